The molecule has 1 N–H and O–H groups in total. The second-order valence-electron chi connectivity index (χ2n) is 8.07. The van der Waals surface area contributed by atoms with Crippen molar-refractivity contribution in [2.45, 2.75) is 38.8 Å². The molecule has 5 nitrogen and oxygen atoms in total. The van der Waals surface area contributed by atoms with E-state index in [0.29, 0.717) is 13.1 Å². The number of nitrogens with zero attached hydrogens (tertiary/aromatic N) is 3. The van der Waals surface area contributed by atoms with Gasteiger partial charge in [0.15, 0.2) is 0 Å². The summed E-state index contributed by atoms with van der Waals surface area (Å²) >= 11 is 6.01. The summed E-state index contributed by atoms with van der Waals surface area (Å²) in [5.74, 6) is 0.0200. The summed E-state index contributed by atoms with van der Waals surface area (Å²) in [6.45, 7) is 3.77. The molecule has 160 valence electrons. The average Bonchev–Trinajstić information content (AvgIpc) is 3.22. The second kappa shape index (κ2) is 10.0. The lowest BCUT2D eigenvalue weighted by atomic mass is 10.0. The molecule has 31 heavy (non-hydrogen) atoms. The molecule has 6 heteroatoms. The Labute approximate surface area is 188 Å². The first-order valence-electron chi connectivity index (χ1n) is 10.7. The molecule has 0 bridgehead atoms. The van der Waals surface area contributed by atoms with Gasteiger partial charge in [-0.15, -0.1) is 0 Å². The highest BCUT2D eigenvalue weighted by atomic mass is 35.5. The first-order valence-corrected chi connectivity index (χ1v) is 11.1. The Kier molecular flexibility index (Phi) is 6.95. The Balaban J connectivity index is 1.42. The molecule has 0 aliphatic carbocycles. The monoisotopic (exact) mass is 434 g/mol. The van der Waals surface area contributed by atoms with Crippen LogP contribution in [0.25, 0.3) is 0 Å². The normalized spacial score (nSPS) is 16.4. The topological polar surface area (TPSA) is 58.1 Å². The van der Waals surface area contributed by atoms with Gasteiger partial charge >= 0.3 is 0 Å². The maximum Gasteiger partial charge on any atom is 0.234 e. The first-order chi connectivity index (χ1) is 15.1. The van der Waals surface area contributed by atoms with Gasteiger partial charge in [-0.3, -0.25) is 19.7 Å². The highest BCUT2D eigenvalue weighted by Crippen LogP contribution is 2.31. The van der Waals surface area contributed by atoms with Crippen LogP contribution < -0.4 is 5.32 Å². The Morgan fingerprint density at radius 2 is 2.00 bits per heavy atom. The van der Waals surface area contributed by atoms with Gasteiger partial charge < -0.3 is 5.32 Å². The first kappa shape index (κ1) is 21.5. The van der Waals surface area contributed by atoms with Crippen molar-refractivity contribution in [2.24, 2.45) is 0 Å². The van der Waals surface area contributed by atoms with Crippen molar-refractivity contribution >= 4 is 17.5 Å². The molecule has 1 saturated heterocycles. The summed E-state index contributed by atoms with van der Waals surface area (Å²) in [4.78, 5) is 23.9. The third-order valence-corrected chi connectivity index (χ3v) is 5.85. The van der Waals surface area contributed by atoms with E-state index in [4.69, 9.17) is 16.6 Å². The zero-order chi connectivity index (χ0) is 21.6. The molecule has 1 aliphatic rings. The Hall–Kier alpha value is -2.76. The molecule has 0 unspecified atom stereocenters. The van der Waals surface area contributed by atoms with Gasteiger partial charge in [-0.05, 0) is 80.3 Å². The molecule has 1 amide bonds. The summed E-state index contributed by atoms with van der Waals surface area (Å²) in [7, 11) is 0. The molecule has 3 aromatic rings. The number of amides is 1. The van der Waals surface area contributed by atoms with E-state index in [1.807, 2.05) is 37.3 Å². The van der Waals surface area contributed by atoms with Gasteiger partial charge in [-0.1, -0.05) is 29.8 Å². The molecule has 1 atom stereocenters. The van der Waals surface area contributed by atoms with Crippen LogP contribution in [0.4, 0.5) is 0 Å². The number of rotatable bonds is 7. The van der Waals surface area contributed by atoms with Crippen molar-refractivity contribution in [3.63, 3.8) is 0 Å². The summed E-state index contributed by atoms with van der Waals surface area (Å²) in [5.41, 5.74) is 5.38. The van der Waals surface area contributed by atoms with Crippen LogP contribution in [0.3, 0.4) is 0 Å². The number of likely N-dealkylation sites (tertiary alicyclic amines) is 1. The average molecular weight is 435 g/mol. The third-order valence-electron chi connectivity index (χ3n) is 5.60. The number of carbonyl (C=O) groups is 1. The van der Waals surface area contributed by atoms with Gasteiger partial charge in [-0.25, -0.2) is 0 Å². The van der Waals surface area contributed by atoms with E-state index in [-0.39, 0.29) is 11.9 Å². The van der Waals surface area contributed by atoms with E-state index in [1.54, 1.807) is 6.20 Å². The predicted octanol–water partition coefficient (Wildman–Crippen LogP) is 4.48. The standard InChI is InChI=1S/C25H27ClN4O/c1-18-13-20(14-19-7-9-21(26)10-8-19)15-23(29-18)24-6-4-12-30(24)17-25(31)28-16-22-5-2-3-11-27-22/h2-3,5,7-11,13,15,24H,4,6,12,14,16-17H2,1H3,(H,28,31)/t24-/m0/s1. The summed E-state index contributed by atoms with van der Waals surface area (Å²) in [6.07, 6.45) is 4.67. The van der Waals surface area contributed by atoms with E-state index in [1.165, 1.54) is 11.1 Å². The van der Waals surface area contributed by atoms with E-state index in [9.17, 15) is 4.79 Å². The number of nitrogens with one attached hydrogen (secondary N) is 1. The molecule has 1 aliphatic heterocycles. The quantitative estimate of drug-likeness (QED) is 0.595. The van der Waals surface area contributed by atoms with Crippen LogP contribution >= 0.6 is 11.6 Å². The Morgan fingerprint density at radius 1 is 1.16 bits per heavy atom. The molecule has 1 aromatic carbocycles. The van der Waals surface area contributed by atoms with E-state index in [0.717, 1.165) is 47.9 Å². The van der Waals surface area contributed by atoms with Crippen LogP contribution in [0.15, 0.2) is 60.8 Å². The van der Waals surface area contributed by atoms with Gasteiger partial charge in [0.1, 0.15) is 0 Å². The fourth-order valence-electron chi connectivity index (χ4n) is 4.16. The lowest BCUT2D eigenvalue weighted by molar-refractivity contribution is -0.122. The SMILES string of the molecule is Cc1cc(Cc2ccc(Cl)cc2)cc([C@@H]2CCCN2CC(=O)NCc2ccccn2)n1. The molecule has 3 heterocycles. The van der Waals surface area contributed by atoms with Gasteiger partial charge in [-0.2, -0.15) is 0 Å². The largest absolute Gasteiger partial charge is 0.349 e. The van der Waals surface area contributed by atoms with E-state index >= 15 is 0 Å². The summed E-state index contributed by atoms with van der Waals surface area (Å²) in [6, 6.07) is 18.2. The smallest absolute Gasteiger partial charge is 0.234 e. The van der Waals surface area contributed by atoms with Crippen LogP contribution in [-0.4, -0.2) is 33.9 Å². The molecule has 1 fully saturated rings. The van der Waals surface area contributed by atoms with Crippen LogP contribution in [-0.2, 0) is 17.8 Å². The Bertz CT molecular complexity index is 1020. The minimum atomic E-state index is 0.0200. The molecule has 0 radical (unpaired) electrons. The van der Waals surface area contributed by atoms with Gasteiger partial charge in [0.25, 0.3) is 0 Å². The fraction of sp³-hybridized carbons (Fsp3) is 0.320. The summed E-state index contributed by atoms with van der Waals surface area (Å²) < 4.78 is 0. The minimum absolute atomic E-state index is 0.0200. The molecule has 0 spiro atoms. The van der Waals surface area contributed by atoms with Crippen molar-refractivity contribution in [1.29, 1.82) is 0 Å². The molecular weight excluding hydrogens is 408 g/mol. The van der Waals surface area contributed by atoms with E-state index < -0.39 is 0 Å². The summed E-state index contributed by atoms with van der Waals surface area (Å²) in [5, 5.41) is 3.73. The van der Waals surface area contributed by atoms with Crippen molar-refractivity contribution in [1.82, 2.24) is 20.2 Å². The van der Waals surface area contributed by atoms with Gasteiger partial charge in [0, 0.05) is 16.9 Å². The number of pyridine rings is 2. The molecule has 0 saturated carbocycles. The maximum absolute atomic E-state index is 12.5. The Morgan fingerprint density at radius 3 is 2.77 bits per heavy atom. The van der Waals surface area contributed by atoms with Crippen molar-refractivity contribution in [3.05, 3.63) is 94.0 Å². The number of halogens is 1. The minimum Gasteiger partial charge on any atom is -0.349 e. The van der Waals surface area contributed by atoms with Crippen molar-refractivity contribution in [2.75, 3.05) is 13.1 Å². The number of aromatic nitrogens is 2. The number of aryl methyl sites for hydroxylation is 1. The number of carbonyl (C=O) groups excluding carboxylic acids is 1. The molecular formula is C25H27ClN4O. The van der Waals surface area contributed by atoms with Gasteiger partial charge in [0.2, 0.25) is 5.91 Å². The van der Waals surface area contributed by atoms with Crippen LogP contribution in [0, 0.1) is 6.92 Å². The van der Waals surface area contributed by atoms with Crippen LogP contribution in [0.2, 0.25) is 5.02 Å². The fourth-order valence-corrected chi connectivity index (χ4v) is 4.29. The number of hydrogen-bond acceptors (Lipinski definition) is 4. The lowest BCUT2D eigenvalue weighted by Crippen LogP contribution is -2.37. The predicted molar refractivity (Wildman–Crippen MR) is 123 cm³/mol. The van der Waals surface area contributed by atoms with Crippen molar-refractivity contribution < 1.29 is 4.79 Å². The van der Waals surface area contributed by atoms with E-state index in [2.05, 4.69) is 39.5 Å². The second-order valence-corrected chi connectivity index (χ2v) is 8.51. The number of benzene rings is 1. The third kappa shape index (κ3) is 5.90. The van der Waals surface area contributed by atoms with Crippen LogP contribution in [0.1, 0.15) is 47.1 Å². The number of hydrogen-bond donors (Lipinski definition) is 1. The zero-order valence-electron chi connectivity index (χ0n) is 17.7. The lowest BCUT2D eigenvalue weighted by Gasteiger charge is -2.24. The highest BCUT2D eigenvalue weighted by Gasteiger charge is 2.29. The van der Waals surface area contributed by atoms with Gasteiger partial charge in [0.05, 0.1) is 30.5 Å². The zero-order valence-corrected chi connectivity index (χ0v) is 18.5. The van der Waals surface area contributed by atoms with Crippen LogP contribution in [0.5, 0.6) is 0 Å². The van der Waals surface area contributed by atoms with Crippen molar-refractivity contribution in [3.8, 4) is 0 Å². The highest BCUT2D eigenvalue weighted by molar-refractivity contribution is 6.30. The molecule has 4 rings (SSSR count). The maximum atomic E-state index is 12.5. The molecule has 2 aromatic heterocycles.